The lowest BCUT2D eigenvalue weighted by Gasteiger charge is -2.40. The van der Waals surface area contributed by atoms with E-state index in [4.69, 9.17) is 23.5 Å². The molecular weight excluding hydrogens is 547 g/mol. The van der Waals surface area contributed by atoms with E-state index >= 15 is 0 Å². The van der Waals surface area contributed by atoms with Crippen molar-refractivity contribution in [3.05, 3.63) is 16.7 Å². The average Bonchev–Trinajstić information content (AvgIpc) is 3.40. The third kappa shape index (κ3) is 7.01. The maximum Gasteiger partial charge on any atom is 0.319 e. The van der Waals surface area contributed by atoms with Crippen molar-refractivity contribution < 1.29 is 32.7 Å². The number of amides is 1. The van der Waals surface area contributed by atoms with Crippen LogP contribution in [0.1, 0.15) is 47.3 Å². The van der Waals surface area contributed by atoms with Crippen molar-refractivity contribution in [2.24, 2.45) is 5.92 Å². The third-order valence-electron chi connectivity index (χ3n) is 6.84. The number of hydrogen-bond acceptors (Lipinski definition) is 11. The van der Waals surface area contributed by atoms with Crippen LogP contribution in [0, 0.1) is 17.2 Å². The lowest BCUT2D eigenvalue weighted by Crippen LogP contribution is -2.50. The number of aromatic nitrogens is 4. The van der Waals surface area contributed by atoms with Crippen LogP contribution >= 0.6 is 8.25 Å². The van der Waals surface area contributed by atoms with Crippen molar-refractivity contribution in [1.82, 2.24) is 19.5 Å². The van der Waals surface area contributed by atoms with Gasteiger partial charge in [-0.15, -0.1) is 0 Å². The van der Waals surface area contributed by atoms with Crippen LogP contribution in [0.3, 0.4) is 0 Å². The van der Waals surface area contributed by atoms with E-state index in [1.54, 1.807) is 13.8 Å². The summed E-state index contributed by atoms with van der Waals surface area (Å²) in [4.78, 5) is 36.0. The summed E-state index contributed by atoms with van der Waals surface area (Å²) >= 11 is 0. The molecule has 1 aliphatic rings. The predicted molar refractivity (Wildman–Crippen MR) is 145 cm³/mol. The Bertz CT molecular complexity index is 1300. The molecule has 0 aromatic carbocycles. The first-order chi connectivity index (χ1) is 18.2. The molecule has 3 rings (SSSR count). The largest absolute Gasteiger partial charge is 0.408 e. The molecule has 0 bridgehead atoms. The molecule has 16 heteroatoms. The summed E-state index contributed by atoms with van der Waals surface area (Å²) in [6.07, 6.45) is -2.51. The summed E-state index contributed by atoms with van der Waals surface area (Å²) in [6.45, 7) is 13.1. The van der Waals surface area contributed by atoms with Crippen LogP contribution in [0.2, 0.25) is 18.1 Å². The van der Waals surface area contributed by atoms with Crippen LogP contribution in [-0.4, -0.2) is 70.4 Å². The fraction of sp³-hybridized carbons (Fsp3) is 0.696. The monoisotopic (exact) mass is 584 g/mol. The summed E-state index contributed by atoms with van der Waals surface area (Å²) in [5, 5.41) is 21.3. The van der Waals surface area contributed by atoms with Gasteiger partial charge in [0.25, 0.3) is 5.56 Å². The number of aliphatic hydroxyl groups is 1. The number of rotatable bonds is 11. The first-order valence-corrected chi connectivity index (χ1v) is 16.8. The number of anilines is 1. The number of carbonyl (C=O) groups is 1. The Morgan fingerprint density at radius 3 is 2.67 bits per heavy atom. The molecular formula is C23H37N6O8PSi. The summed E-state index contributed by atoms with van der Waals surface area (Å²) in [5.74, 6) is -0.785. The zero-order valence-corrected chi connectivity index (χ0v) is 25.2. The fourth-order valence-corrected chi connectivity index (χ4v) is 5.75. The molecule has 0 spiro atoms. The average molecular weight is 585 g/mol. The van der Waals surface area contributed by atoms with E-state index in [0.29, 0.717) is 0 Å². The van der Waals surface area contributed by atoms with Crippen molar-refractivity contribution >= 4 is 39.6 Å². The highest BCUT2D eigenvalue weighted by Gasteiger charge is 2.52. The number of nitrogens with one attached hydrogen (secondary N) is 2. The van der Waals surface area contributed by atoms with Gasteiger partial charge in [0, 0.05) is 5.92 Å². The molecule has 39 heavy (non-hydrogen) atoms. The van der Waals surface area contributed by atoms with E-state index in [9.17, 15) is 19.3 Å². The molecule has 0 radical (unpaired) electrons. The van der Waals surface area contributed by atoms with Gasteiger partial charge in [-0.3, -0.25) is 33.5 Å². The number of carbonyl (C=O) groups excluding carboxylic acids is 1. The third-order valence-corrected chi connectivity index (χ3v) is 12.2. The summed E-state index contributed by atoms with van der Waals surface area (Å²) in [6, 6.07) is 1.91. The zero-order chi connectivity index (χ0) is 29.1. The van der Waals surface area contributed by atoms with Crippen molar-refractivity contribution in [3.63, 3.8) is 0 Å². The highest BCUT2D eigenvalue weighted by atomic mass is 31.1. The first-order valence-electron chi connectivity index (χ1n) is 12.6. The van der Waals surface area contributed by atoms with Crippen molar-refractivity contribution in [2.75, 3.05) is 18.5 Å². The number of aliphatic hydroxyl groups excluding tert-OH is 1. The maximum absolute atomic E-state index is 12.8. The molecule has 14 nitrogen and oxygen atoms in total. The molecule has 1 amide bonds. The first kappa shape index (κ1) is 31.1. The molecule has 2 aromatic heterocycles. The van der Waals surface area contributed by atoms with Crippen LogP contribution in [0.5, 0.6) is 0 Å². The smallest absolute Gasteiger partial charge is 0.319 e. The normalized spacial score (nSPS) is 22.8. The quantitative estimate of drug-likeness (QED) is 0.200. The second-order valence-corrected chi connectivity index (χ2v) is 16.8. The Kier molecular flexibility index (Phi) is 9.87. The summed E-state index contributed by atoms with van der Waals surface area (Å²) < 4.78 is 38.0. The number of fused-ring (bicyclic) bond motifs is 1. The van der Waals surface area contributed by atoms with Crippen LogP contribution in [0.25, 0.3) is 11.2 Å². The summed E-state index contributed by atoms with van der Waals surface area (Å²) in [7, 11) is -5.58. The number of nitrogens with zero attached hydrogens (tertiary/aromatic N) is 4. The minimum Gasteiger partial charge on any atom is -0.408 e. The van der Waals surface area contributed by atoms with Crippen LogP contribution in [0.15, 0.2) is 11.1 Å². The van der Waals surface area contributed by atoms with Gasteiger partial charge in [0.1, 0.15) is 18.3 Å². The molecule has 1 saturated heterocycles. The van der Waals surface area contributed by atoms with Crippen molar-refractivity contribution in [3.8, 4) is 6.07 Å². The number of ether oxygens (including phenoxy) is 1. The molecule has 2 aromatic rings. The minimum atomic E-state index is -3.12. The van der Waals surface area contributed by atoms with Crippen molar-refractivity contribution in [2.45, 2.75) is 83.7 Å². The minimum absolute atomic E-state index is 0.0212. The van der Waals surface area contributed by atoms with Crippen LogP contribution in [0.4, 0.5) is 5.95 Å². The molecule has 5 unspecified atom stereocenters. The van der Waals surface area contributed by atoms with Gasteiger partial charge in [0.2, 0.25) is 11.9 Å². The highest BCUT2D eigenvalue weighted by Crippen LogP contribution is 2.45. The van der Waals surface area contributed by atoms with Crippen LogP contribution in [-0.2, 0) is 27.6 Å². The van der Waals surface area contributed by atoms with Crippen molar-refractivity contribution in [1.29, 1.82) is 5.26 Å². The molecule has 1 aliphatic heterocycles. The van der Waals surface area contributed by atoms with Crippen LogP contribution < -0.4 is 10.9 Å². The number of aromatic amines is 1. The highest BCUT2D eigenvalue weighted by molar-refractivity contribution is 7.33. The van der Waals surface area contributed by atoms with Gasteiger partial charge >= 0.3 is 8.25 Å². The molecule has 216 valence electrons. The van der Waals surface area contributed by atoms with Gasteiger partial charge in [0.15, 0.2) is 25.7 Å². The van der Waals surface area contributed by atoms with E-state index < -0.39 is 53.3 Å². The SMILES string of the molecule is CC(C)C(=O)Nc1nc2c(ncn2C2OC(CO)C(O[Si](C)(C)C(C)(C)C)C2O[PH](=O)OCCC#N)c(=O)[nH]1. The van der Waals surface area contributed by atoms with E-state index in [-0.39, 0.29) is 47.0 Å². The maximum atomic E-state index is 12.8. The van der Waals surface area contributed by atoms with Gasteiger partial charge in [0.05, 0.1) is 32.0 Å². The number of hydrogen-bond donors (Lipinski definition) is 3. The second-order valence-electron chi connectivity index (χ2n) is 11.1. The number of nitriles is 1. The Balaban J connectivity index is 2.06. The molecule has 0 saturated carbocycles. The van der Waals surface area contributed by atoms with E-state index in [1.807, 2.05) is 19.2 Å². The van der Waals surface area contributed by atoms with Gasteiger partial charge in [-0.05, 0) is 18.1 Å². The second kappa shape index (κ2) is 12.4. The standard InChI is InChI=1S/C23H37N6O8PSi/c1-13(2)19(31)27-22-26-18-15(20(32)28-22)25-12-29(18)21-17(36-38(33)34-10-8-9-24)16(14(11-30)35-21)37-39(6,7)23(3,4)5/h12-14,16-17,21,30,38H,8,10-11H2,1-7H3,(H2,26,27,28,31,32). The van der Waals surface area contributed by atoms with E-state index in [0.717, 1.165) is 0 Å². The van der Waals surface area contributed by atoms with Gasteiger partial charge in [-0.2, -0.15) is 10.2 Å². The summed E-state index contributed by atoms with van der Waals surface area (Å²) in [5.41, 5.74) is -0.534. The molecule has 5 atom stereocenters. The molecule has 1 fully saturated rings. The van der Waals surface area contributed by atoms with E-state index in [1.165, 1.54) is 10.9 Å². The molecule has 3 heterocycles. The van der Waals surface area contributed by atoms with Gasteiger partial charge in [-0.25, -0.2) is 4.98 Å². The lowest BCUT2D eigenvalue weighted by atomic mass is 10.1. The van der Waals surface area contributed by atoms with Gasteiger partial charge in [-0.1, -0.05) is 34.6 Å². The Labute approximate surface area is 228 Å². The number of H-pyrrole nitrogens is 1. The Morgan fingerprint density at radius 1 is 1.38 bits per heavy atom. The van der Waals surface area contributed by atoms with Gasteiger partial charge < -0.3 is 18.8 Å². The Morgan fingerprint density at radius 2 is 2.08 bits per heavy atom. The molecule has 0 aliphatic carbocycles. The lowest BCUT2D eigenvalue weighted by molar-refractivity contribution is -0.118. The fourth-order valence-electron chi connectivity index (χ4n) is 3.62. The number of imidazole rings is 1. The molecule has 3 N–H and O–H groups in total. The topological polar surface area (TPSA) is 191 Å². The predicted octanol–water partition coefficient (Wildman–Crippen LogP) is 2.70. The Hall–Kier alpha value is -2.44. The zero-order valence-electron chi connectivity index (χ0n) is 23.2. The van der Waals surface area contributed by atoms with E-state index in [2.05, 4.69) is 41.0 Å².